The van der Waals surface area contributed by atoms with Gasteiger partial charge in [-0.1, -0.05) is 24.2 Å². The van der Waals surface area contributed by atoms with E-state index in [9.17, 15) is 19.7 Å². The fourth-order valence-corrected chi connectivity index (χ4v) is 2.57. The Bertz CT molecular complexity index is 681. The average Bonchev–Trinajstić information content (AvgIpc) is 2.53. The van der Waals surface area contributed by atoms with Gasteiger partial charge in [0.15, 0.2) is 0 Å². The van der Waals surface area contributed by atoms with Crippen molar-refractivity contribution in [2.75, 3.05) is 26.2 Å². The van der Waals surface area contributed by atoms with E-state index in [1.165, 1.54) is 25.1 Å². The number of nitro benzene ring substituents is 1. The summed E-state index contributed by atoms with van der Waals surface area (Å²) < 4.78 is 0. The first kappa shape index (κ1) is 17.0. The Balaban J connectivity index is 2.12. The van der Waals surface area contributed by atoms with Crippen molar-refractivity contribution in [3.05, 3.63) is 45.5 Å². The minimum absolute atomic E-state index is 0.00840. The third kappa shape index (κ3) is 3.68. The maximum atomic E-state index is 12.5. The third-order valence-corrected chi connectivity index (χ3v) is 4.08. The summed E-state index contributed by atoms with van der Waals surface area (Å²) in [5, 5.41) is 10.9. The minimum atomic E-state index is -0.602. The van der Waals surface area contributed by atoms with Gasteiger partial charge in [0.25, 0.3) is 11.6 Å². The second-order valence-electron chi connectivity index (χ2n) is 5.20. The fourth-order valence-electron chi connectivity index (χ4n) is 2.38. The van der Waals surface area contributed by atoms with Crippen LogP contribution in [-0.4, -0.2) is 52.7 Å². The molecule has 8 heteroatoms. The molecule has 0 atom stereocenters. The van der Waals surface area contributed by atoms with Gasteiger partial charge in [-0.3, -0.25) is 19.7 Å². The van der Waals surface area contributed by atoms with Crippen LogP contribution in [0.1, 0.15) is 12.5 Å². The predicted octanol–water partition coefficient (Wildman–Crippen LogP) is 1.95. The van der Waals surface area contributed by atoms with E-state index in [4.69, 9.17) is 11.6 Å². The highest BCUT2D eigenvalue weighted by molar-refractivity contribution is 6.32. The van der Waals surface area contributed by atoms with Gasteiger partial charge in [0, 0.05) is 44.7 Å². The molecule has 2 rings (SSSR count). The molecule has 122 valence electrons. The number of hydrogen-bond acceptors (Lipinski definition) is 4. The lowest BCUT2D eigenvalue weighted by molar-refractivity contribution is -0.384. The SMILES string of the molecule is C=C(C(=O)N1CCN(C(C)=O)CC1)c1ccc(Cl)c([N+](=O)[O-])c1. The number of rotatable bonds is 3. The summed E-state index contributed by atoms with van der Waals surface area (Å²) in [6.07, 6.45) is 0. The number of nitrogens with zero attached hydrogens (tertiary/aromatic N) is 3. The molecule has 7 nitrogen and oxygen atoms in total. The molecule has 0 aromatic heterocycles. The predicted molar refractivity (Wildman–Crippen MR) is 86.0 cm³/mol. The fraction of sp³-hybridized carbons (Fsp3) is 0.333. The molecule has 1 aromatic carbocycles. The van der Waals surface area contributed by atoms with Crippen molar-refractivity contribution < 1.29 is 14.5 Å². The van der Waals surface area contributed by atoms with E-state index < -0.39 is 4.92 Å². The second-order valence-corrected chi connectivity index (χ2v) is 5.61. The Morgan fingerprint density at radius 2 is 1.78 bits per heavy atom. The van der Waals surface area contributed by atoms with E-state index in [1.807, 2.05) is 0 Å². The van der Waals surface area contributed by atoms with Crippen molar-refractivity contribution in [1.82, 2.24) is 9.80 Å². The van der Waals surface area contributed by atoms with Crippen LogP contribution in [0.2, 0.25) is 5.02 Å². The first-order valence-corrected chi connectivity index (χ1v) is 7.37. The van der Waals surface area contributed by atoms with Crippen molar-refractivity contribution in [1.29, 1.82) is 0 Å². The zero-order valence-electron chi connectivity index (χ0n) is 12.6. The molecule has 2 amide bonds. The van der Waals surface area contributed by atoms with Crippen LogP contribution in [0.25, 0.3) is 5.57 Å². The summed E-state index contributed by atoms with van der Waals surface area (Å²) in [6.45, 7) is 6.99. The van der Waals surface area contributed by atoms with Crippen LogP contribution in [0.3, 0.4) is 0 Å². The topological polar surface area (TPSA) is 83.8 Å². The molecule has 1 aromatic rings. The number of benzene rings is 1. The van der Waals surface area contributed by atoms with Crippen molar-refractivity contribution in [2.45, 2.75) is 6.92 Å². The highest BCUT2D eigenvalue weighted by Crippen LogP contribution is 2.28. The maximum Gasteiger partial charge on any atom is 0.288 e. The van der Waals surface area contributed by atoms with Crippen LogP contribution in [0.15, 0.2) is 24.8 Å². The third-order valence-electron chi connectivity index (χ3n) is 3.76. The van der Waals surface area contributed by atoms with E-state index in [0.29, 0.717) is 31.7 Å². The lowest BCUT2D eigenvalue weighted by Gasteiger charge is -2.34. The number of amides is 2. The van der Waals surface area contributed by atoms with Gasteiger partial charge >= 0.3 is 0 Å². The number of carbonyl (C=O) groups excluding carboxylic acids is 2. The summed E-state index contributed by atoms with van der Waals surface area (Å²) in [5.41, 5.74) is 0.264. The first-order chi connectivity index (χ1) is 10.8. The van der Waals surface area contributed by atoms with Crippen LogP contribution in [0.4, 0.5) is 5.69 Å². The van der Waals surface area contributed by atoms with E-state index >= 15 is 0 Å². The number of halogens is 1. The lowest BCUT2D eigenvalue weighted by atomic mass is 10.1. The van der Waals surface area contributed by atoms with Crippen LogP contribution in [0, 0.1) is 10.1 Å². The Morgan fingerprint density at radius 3 is 2.30 bits per heavy atom. The molecule has 0 aliphatic carbocycles. The minimum Gasteiger partial charge on any atom is -0.339 e. The van der Waals surface area contributed by atoms with Crippen LogP contribution >= 0.6 is 11.6 Å². The summed E-state index contributed by atoms with van der Waals surface area (Å²) in [6, 6.07) is 4.15. The van der Waals surface area contributed by atoms with Crippen LogP contribution in [0.5, 0.6) is 0 Å². The monoisotopic (exact) mass is 337 g/mol. The summed E-state index contributed by atoms with van der Waals surface area (Å²) in [7, 11) is 0. The molecule has 0 unspecified atom stereocenters. The molecule has 1 saturated heterocycles. The van der Waals surface area contributed by atoms with E-state index in [1.54, 1.807) is 9.80 Å². The Labute approximate surface area is 138 Å². The van der Waals surface area contributed by atoms with Gasteiger partial charge in [0.2, 0.25) is 5.91 Å². The van der Waals surface area contributed by atoms with Gasteiger partial charge in [-0.15, -0.1) is 0 Å². The molecule has 1 aliphatic rings. The molecule has 0 bridgehead atoms. The van der Waals surface area contributed by atoms with Crippen molar-refractivity contribution in [2.24, 2.45) is 0 Å². The summed E-state index contributed by atoms with van der Waals surface area (Å²) in [5.74, 6) is -0.325. The quantitative estimate of drug-likeness (QED) is 0.479. The molecular formula is C15H16ClN3O4. The molecule has 23 heavy (non-hydrogen) atoms. The van der Waals surface area contributed by atoms with Gasteiger partial charge < -0.3 is 9.80 Å². The molecule has 0 radical (unpaired) electrons. The highest BCUT2D eigenvalue weighted by atomic mass is 35.5. The molecule has 1 heterocycles. The van der Waals surface area contributed by atoms with Crippen molar-refractivity contribution in [3.63, 3.8) is 0 Å². The zero-order chi connectivity index (χ0) is 17.1. The van der Waals surface area contributed by atoms with Gasteiger partial charge in [-0.25, -0.2) is 0 Å². The Kier molecular flexibility index (Phi) is 5.00. The van der Waals surface area contributed by atoms with E-state index in [2.05, 4.69) is 6.58 Å². The number of hydrogen-bond donors (Lipinski definition) is 0. The molecule has 1 fully saturated rings. The largest absolute Gasteiger partial charge is 0.339 e. The standard InChI is InChI=1S/C15H16ClN3O4/c1-10(12-3-4-13(16)14(9-12)19(22)23)15(21)18-7-5-17(6-8-18)11(2)20/h3-4,9H,1,5-8H2,2H3. The molecule has 0 saturated carbocycles. The molecular weight excluding hydrogens is 322 g/mol. The first-order valence-electron chi connectivity index (χ1n) is 6.99. The normalized spacial score (nSPS) is 14.5. The smallest absolute Gasteiger partial charge is 0.288 e. The molecule has 1 aliphatic heterocycles. The van der Waals surface area contributed by atoms with Gasteiger partial charge in [0.05, 0.1) is 4.92 Å². The highest BCUT2D eigenvalue weighted by Gasteiger charge is 2.25. The van der Waals surface area contributed by atoms with E-state index in [-0.39, 0.29) is 28.1 Å². The second kappa shape index (κ2) is 6.78. The van der Waals surface area contributed by atoms with Gasteiger partial charge in [-0.2, -0.15) is 0 Å². The van der Waals surface area contributed by atoms with E-state index in [0.717, 1.165) is 0 Å². The van der Waals surface area contributed by atoms with Crippen LogP contribution in [-0.2, 0) is 9.59 Å². The molecule has 0 spiro atoms. The number of carbonyl (C=O) groups is 2. The van der Waals surface area contributed by atoms with Gasteiger partial charge in [0.1, 0.15) is 5.02 Å². The van der Waals surface area contributed by atoms with Gasteiger partial charge in [-0.05, 0) is 11.6 Å². The number of nitro groups is 1. The lowest BCUT2D eigenvalue weighted by Crippen LogP contribution is -2.50. The maximum absolute atomic E-state index is 12.5. The zero-order valence-corrected chi connectivity index (χ0v) is 13.4. The number of piperazine rings is 1. The summed E-state index contributed by atoms with van der Waals surface area (Å²) >= 11 is 5.77. The Morgan fingerprint density at radius 1 is 1.22 bits per heavy atom. The molecule has 0 N–H and O–H groups in total. The summed E-state index contributed by atoms with van der Waals surface area (Å²) in [4.78, 5) is 37.3. The van der Waals surface area contributed by atoms with Crippen molar-refractivity contribution >= 4 is 34.7 Å². The Hall–Kier alpha value is -2.41. The average molecular weight is 338 g/mol. The van der Waals surface area contributed by atoms with Crippen LogP contribution < -0.4 is 0 Å². The van der Waals surface area contributed by atoms with Crippen molar-refractivity contribution in [3.8, 4) is 0 Å².